The summed E-state index contributed by atoms with van der Waals surface area (Å²) in [5.74, 6) is 1.07. The Hall–Kier alpha value is -2.46. The Kier molecular flexibility index (Phi) is 11.3. The largest absolute Gasteiger partial charge is 0.502 e. The number of para-hydroxylation sites is 1. The molecule has 0 N–H and O–H groups in total. The van der Waals surface area contributed by atoms with Crippen LogP contribution in [0.4, 0.5) is 0 Å². The van der Waals surface area contributed by atoms with Gasteiger partial charge in [-0.05, 0) is 49.1 Å². The van der Waals surface area contributed by atoms with E-state index in [0.717, 1.165) is 51.6 Å². The zero-order valence-electron chi connectivity index (χ0n) is 15.9. The number of ether oxygens (including phenoxy) is 4. The molecule has 4 heteroatoms. The van der Waals surface area contributed by atoms with E-state index in [4.69, 9.17) is 18.9 Å². The van der Waals surface area contributed by atoms with Crippen LogP contribution in [0, 0.1) is 0 Å². The fraction of sp³-hybridized carbons (Fsp3) is 0.391. The molecule has 27 heavy (non-hydrogen) atoms. The van der Waals surface area contributed by atoms with E-state index < -0.39 is 0 Å². The van der Waals surface area contributed by atoms with Gasteiger partial charge in [0, 0.05) is 6.42 Å². The van der Waals surface area contributed by atoms with Crippen molar-refractivity contribution < 1.29 is 18.9 Å². The second-order valence-corrected chi connectivity index (χ2v) is 6.02. The van der Waals surface area contributed by atoms with Crippen LogP contribution >= 0.6 is 0 Å². The number of hydrogen-bond donors (Lipinski definition) is 0. The van der Waals surface area contributed by atoms with Crippen molar-refractivity contribution in [1.29, 1.82) is 0 Å². The van der Waals surface area contributed by atoms with Gasteiger partial charge in [-0.1, -0.05) is 36.4 Å². The van der Waals surface area contributed by atoms with Crippen molar-refractivity contribution in [2.75, 3.05) is 33.0 Å². The predicted molar refractivity (Wildman–Crippen MR) is 109 cm³/mol. The van der Waals surface area contributed by atoms with Gasteiger partial charge in [0.05, 0.1) is 39.0 Å². The summed E-state index contributed by atoms with van der Waals surface area (Å²) in [5, 5.41) is 0. The molecule has 0 saturated heterocycles. The molecular weight excluding hydrogens is 340 g/mol. The topological polar surface area (TPSA) is 36.9 Å². The Morgan fingerprint density at radius 3 is 2.07 bits per heavy atom. The lowest BCUT2D eigenvalue weighted by molar-refractivity contribution is 0.158. The molecule has 4 heterocycles. The molecule has 0 fully saturated rings. The second-order valence-electron chi connectivity index (χ2n) is 6.02. The fourth-order valence-corrected chi connectivity index (χ4v) is 2.45. The number of allylic oxidation sites excluding steroid dienone is 3. The summed E-state index contributed by atoms with van der Waals surface area (Å²) in [6.07, 6.45) is 20.0. The molecule has 1 aromatic carbocycles. The summed E-state index contributed by atoms with van der Waals surface area (Å²) in [4.78, 5) is 0. The average Bonchev–Trinajstić information content (AvgIpc) is 3.28. The molecule has 4 aliphatic rings. The van der Waals surface area contributed by atoms with Crippen LogP contribution in [0.1, 0.15) is 24.8 Å². The van der Waals surface area contributed by atoms with E-state index in [1.165, 1.54) is 18.4 Å². The first kappa shape index (κ1) is 20.8. The summed E-state index contributed by atoms with van der Waals surface area (Å²) < 4.78 is 20.0. The molecule has 0 saturated carbocycles. The predicted octanol–water partition coefficient (Wildman–Crippen LogP) is 4.98. The third kappa shape index (κ3) is 10.3. The first-order valence-electron chi connectivity index (χ1n) is 9.60. The lowest BCUT2D eigenvalue weighted by Gasteiger charge is -2.01. The lowest BCUT2D eigenvalue weighted by atomic mass is 10.2. The smallest absolute Gasteiger partial charge is 0.122 e. The van der Waals surface area contributed by atoms with E-state index in [-0.39, 0.29) is 0 Å². The molecule has 4 nitrogen and oxygen atoms in total. The van der Waals surface area contributed by atoms with Gasteiger partial charge in [-0.25, -0.2) is 0 Å². The third-order valence-electron chi connectivity index (χ3n) is 3.85. The minimum Gasteiger partial charge on any atom is -0.502 e. The van der Waals surface area contributed by atoms with Crippen molar-refractivity contribution in [1.82, 2.24) is 0 Å². The maximum absolute atomic E-state index is 5.30. The Morgan fingerprint density at radius 1 is 0.704 bits per heavy atom. The highest BCUT2D eigenvalue weighted by Gasteiger charge is 2.08. The number of hydrogen-bond acceptors (Lipinski definition) is 4. The van der Waals surface area contributed by atoms with Crippen molar-refractivity contribution in [3.05, 3.63) is 78.8 Å². The molecule has 1 aromatic rings. The summed E-state index contributed by atoms with van der Waals surface area (Å²) in [6, 6.07) is 8.18. The molecular formula is C23H30O4. The van der Waals surface area contributed by atoms with Crippen LogP contribution in [-0.2, 0) is 20.6 Å². The van der Waals surface area contributed by atoms with E-state index in [2.05, 4.69) is 12.1 Å². The summed E-state index contributed by atoms with van der Waals surface area (Å²) in [6.45, 7) is 4.24. The monoisotopic (exact) mass is 370 g/mol. The Morgan fingerprint density at radius 2 is 1.67 bits per heavy atom. The van der Waals surface area contributed by atoms with E-state index in [0.29, 0.717) is 0 Å². The molecule has 0 amide bonds. The molecule has 0 radical (unpaired) electrons. The van der Waals surface area contributed by atoms with Crippen molar-refractivity contribution in [3.8, 4) is 5.75 Å². The van der Waals surface area contributed by atoms with Gasteiger partial charge in [0.1, 0.15) is 12.4 Å². The van der Waals surface area contributed by atoms with Gasteiger partial charge in [0.2, 0.25) is 0 Å². The standard InChI is InChI=1S/C8H8O.2C5H8O.C5H6O/c1-2-4-8-7(3-1)5-6-9-8;3*1-2-4-6-5-3-1/h1-4H,5-6H2;2,4H,1,3,5H2;1-2H,3-5H2;1-4H,5H2. The van der Waals surface area contributed by atoms with E-state index >= 15 is 0 Å². The highest BCUT2D eigenvalue weighted by atomic mass is 16.5. The Balaban J connectivity index is 0.000000132. The van der Waals surface area contributed by atoms with Crippen molar-refractivity contribution in [3.63, 3.8) is 0 Å². The van der Waals surface area contributed by atoms with Crippen LogP contribution in [0.25, 0.3) is 0 Å². The maximum atomic E-state index is 5.30. The first-order valence-corrected chi connectivity index (χ1v) is 9.60. The van der Waals surface area contributed by atoms with Crippen LogP contribution in [0.5, 0.6) is 5.75 Å². The minimum absolute atomic E-state index is 0.733. The molecule has 0 spiro atoms. The maximum Gasteiger partial charge on any atom is 0.122 e. The van der Waals surface area contributed by atoms with Gasteiger partial charge in [-0.3, -0.25) is 0 Å². The van der Waals surface area contributed by atoms with Crippen LogP contribution in [0.2, 0.25) is 0 Å². The molecule has 4 aliphatic heterocycles. The zero-order chi connectivity index (χ0) is 18.8. The van der Waals surface area contributed by atoms with Crippen molar-refractivity contribution in [2.24, 2.45) is 0 Å². The molecule has 0 unspecified atom stereocenters. The molecule has 0 atom stereocenters. The molecule has 146 valence electrons. The minimum atomic E-state index is 0.733. The molecule has 0 bridgehead atoms. The van der Waals surface area contributed by atoms with Gasteiger partial charge >= 0.3 is 0 Å². The number of rotatable bonds is 0. The Bertz CT molecular complexity index is 548. The number of benzene rings is 1. The lowest BCUT2D eigenvalue weighted by Crippen LogP contribution is -1.96. The fourth-order valence-electron chi connectivity index (χ4n) is 2.45. The second kappa shape index (κ2) is 14.7. The van der Waals surface area contributed by atoms with Gasteiger partial charge < -0.3 is 18.9 Å². The van der Waals surface area contributed by atoms with Gasteiger partial charge in [0.15, 0.2) is 0 Å². The number of fused-ring (bicyclic) bond motifs is 1. The summed E-state index contributed by atoms with van der Waals surface area (Å²) in [7, 11) is 0. The first-order chi connectivity index (χ1) is 13.5. The van der Waals surface area contributed by atoms with Crippen LogP contribution in [0.3, 0.4) is 0 Å². The molecule has 5 rings (SSSR count). The van der Waals surface area contributed by atoms with Gasteiger partial charge in [0.25, 0.3) is 0 Å². The molecule has 0 aliphatic carbocycles. The zero-order valence-corrected chi connectivity index (χ0v) is 15.9. The van der Waals surface area contributed by atoms with E-state index in [1.54, 1.807) is 12.5 Å². The van der Waals surface area contributed by atoms with Crippen LogP contribution in [0.15, 0.2) is 73.2 Å². The Labute approximate surface area is 162 Å². The summed E-state index contributed by atoms with van der Waals surface area (Å²) in [5.41, 5.74) is 1.34. The van der Waals surface area contributed by atoms with Crippen LogP contribution in [-0.4, -0.2) is 33.0 Å². The van der Waals surface area contributed by atoms with Crippen molar-refractivity contribution in [2.45, 2.75) is 25.7 Å². The average molecular weight is 370 g/mol. The highest BCUT2D eigenvalue weighted by Crippen LogP contribution is 2.23. The molecule has 0 aromatic heterocycles. The van der Waals surface area contributed by atoms with Crippen LogP contribution < -0.4 is 4.74 Å². The third-order valence-corrected chi connectivity index (χ3v) is 3.85. The normalized spacial score (nSPS) is 17.9. The van der Waals surface area contributed by atoms with Crippen molar-refractivity contribution >= 4 is 0 Å². The van der Waals surface area contributed by atoms with E-state index in [1.807, 2.05) is 48.6 Å². The SMILES string of the molecule is C1=CCOC=C1.C1=CCOCC1.C1=COCCC1.c1ccc2c(c1)CCO2. The van der Waals surface area contributed by atoms with E-state index in [9.17, 15) is 0 Å². The quantitative estimate of drug-likeness (QED) is 0.604. The van der Waals surface area contributed by atoms with Gasteiger partial charge in [-0.15, -0.1) is 0 Å². The highest BCUT2D eigenvalue weighted by molar-refractivity contribution is 5.35. The summed E-state index contributed by atoms with van der Waals surface area (Å²) >= 11 is 0. The van der Waals surface area contributed by atoms with Gasteiger partial charge in [-0.2, -0.15) is 0 Å².